The third-order valence-electron chi connectivity index (χ3n) is 5.90. The molecule has 1 aliphatic heterocycles. The molecular weight excluding hydrogens is 458 g/mol. The normalized spacial score (nSPS) is 14.2. The summed E-state index contributed by atoms with van der Waals surface area (Å²) in [6, 6.07) is 9.82. The van der Waals surface area contributed by atoms with Gasteiger partial charge in [0.25, 0.3) is 15.9 Å². The van der Waals surface area contributed by atoms with Crippen LogP contribution < -0.4 is 4.72 Å². The smallest absolute Gasteiger partial charge is 0.265 e. The molecule has 4 rings (SSSR count). The fourth-order valence-electron chi connectivity index (χ4n) is 3.92. The highest BCUT2D eigenvalue weighted by Gasteiger charge is 2.27. The highest BCUT2D eigenvalue weighted by Crippen LogP contribution is 2.33. The molecule has 172 valence electrons. The van der Waals surface area contributed by atoms with Crippen LogP contribution >= 0.6 is 11.3 Å². The zero-order valence-corrected chi connectivity index (χ0v) is 20.4. The molecule has 1 amide bonds. The van der Waals surface area contributed by atoms with Crippen LogP contribution in [0.4, 0.5) is 5.69 Å². The van der Waals surface area contributed by atoms with Gasteiger partial charge < -0.3 is 9.47 Å². The van der Waals surface area contributed by atoms with Gasteiger partial charge in [0.15, 0.2) is 0 Å². The molecule has 1 saturated heterocycles. The lowest BCUT2D eigenvalue weighted by Crippen LogP contribution is -2.35. The number of hydrogen-bond acceptors (Lipinski definition) is 6. The van der Waals surface area contributed by atoms with E-state index in [1.807, 2.05) is 17.9 Å². The minimum Gasteiger partial charge on any atom is -0.345 e. The first-order valence-corrected chi connectivity index (χ1v) is 13.0. The van der Waals surface area contributed by atoms with Gasteiger partial charge in [0.2, 0.25) is 0 Å². The lowest BCUT2D eigenvalue weighted by atomic mass is 10.1. The molecule has 1 aromatic carbocycles. The van der Waals surface area contributed by atoms with Gasteiger partial charge in [-0.2, -0.15) is 5.26 Å². The van der Waals surface area contributed by atoms with Crippen molar-refractivity contribution in [2.75, 3.05) is 17.8 Å². The van der Waals surface area contributed by atoms with E-state index in [1.54, 1.807) is 48.9 Å². The summed E-state index contributed by atoms with van der Waals surface area (Å²) in [6.45, 7) is 5.07. The summed E-state index contributed by atoms with van der Waals surface area (Å²) >= 11 is 1.30. The number of anilines is 1. The Morgan fingerprint density at radius 3 is 2.45 bits per heavy atom. The number of nitriles is 1. The molecule has 3 aromatic rings. The van der Waals surface area contributed by atoms with Crippen molar-refractivity contribution in [2.24, 2.45) is 7.05 Å². The Bertz CT molecular complexity index is 1340. The maximum atomic E-state index is 13.1. The van der Waals surface area contributed by atoms with E-state index < -0.39 is 10.0 Å². The van der Waals surface area contributed by atoms with E-state index in [-0.39, 0.29) is 10.8 Å². The standard InChI is InChI=1S/C23H25N5O3S2/c1-15-21(23(29)28-11-5-4-6-12-28)32-22(25-15)19-13-20(16(2)27(19)3)33(30,31)26-18-9-7-17(14-24)8-10-18/h7-10,13,26H,4-6,11-12H2,1-3H3. The quantitative estimate of drug-likeness (QED) is 0.589. The van der Waals surface area contributed by atoms with E-state index in [9.17, 15) is 13.2 Å². The predicted molar refractivity (Wildman–Crippen MR) is 128 cm³/mol. The molecular formula is C23H25N5O3S2. The average Bonchev–Trinajstić information content (AvgIpc) is 3.34. The van der Waals surface area contributed by atoms with Gasteiger partial charge in [-0.25, -0.2) is 13.4 Å². The van der Waals surface area contributed by atoms with E-state index >= 15 is 0 Å². The second-order valence-corrected chi connectivity index (χ2v) is 10.8. The van der Waals surface area contributed by atoms with Crippen molar-refractivity contribution in [1.29, 1.82) is 5.26 Å². The molecule has 3 heterocycles. The number of amides is 1. The van der Waals surface area contributed by atoms with Crippen LogP contribution in [0, 0.1) is 25.2 Å². The number of aryl methyl sites for hydroxylation is 1. The number of carbonyl (C=O) groups excluding carboxylic acids is 1. The van der Waals surface area contributed by atoms with Crippen molar-refractivity contribution < 1.29 is 13.2 Å². The summed E-state index contributed by atoms with van der Waals surface area (Å²) < 4.78 is 30.5. The third-order valence-corrected chi connectivity index (χ3v) is 8.56. The molecule has 8 nitrogen and oxygen atoms in total. The molecule has 0 radical (unpaired) electrons. The van der Waals surface area contributed by atoms with E-state index in [0.29, 0.717) is 38.2 Å². The maximum absolute atomic E-state index is 13.1. The van der Waals surface area contributed by atoms with Crippen LogP contribution in [-0.2, 0) is 17.1 Å². The molecule has 0 spiro atoms. The van der Waals surface area contributed by atoms with Gasteiger partial charge in [0.05, 0.1) is 23.0 Å². The minimum absolute atomic E-state index is 0.00258. The Hall–Kier alpha value is -3.16. The Balaban J connectivity index is 1.64. The molecule has 0 atom stereocenters. The second-order valence-electron chi connectivity index (χ2n) is 8.12. The first kappa shape index (κ1) is 23.0. The van der Waals surface area contributed by atoms with Gasteiger partial charge >= 0.3 is 0 Å². The van der Waals surface area contributed by atoms with E-state index in [1.165, 1.54) is 11.3 Å². The topological polar surface area (TPSA) is 108 Å². The maximum Gasteiger partial charge on any atom is 0.265 e. The van der Waals surface area contributed by atoms with Crippen LogP contribution in [0.3, 0.4) is 0 Å². The molecule has 2 aromatic heterocycles. The summed E-state index contributed by atoms with van der Waals surface area (Å²) in [7, 11) is -2.08. The number of nitrogens with zero attached hydrogens (tertiary/aromatic N) is 4. The lowest BCUT2D eigenvalue weighted by Gasteiger charge is -2.26. The number of sulfonamides is 1. The molecule has 1 aliphatic rings. The summed E-state index contributed by atoms with van der Waals surface area (Å²) in [5.41, 5.74) is 2.68. The van der Waals surface area contributed by atoms with Crippen molar-refractivity contribution in [1.82, 2.24) is 14.5 Å². The van der Waals surface area contributed by atoms with Crippen LogP contribution in [0.1, 0.15) is 45.9 Å². The highest BCUT2D eigenvalue weighted by molar-refractivity contribution is 7.92. The minimum atomic E-state index is -3.86. The first-order valence-electron chi connectivity index (χ1n) is 10.7. The number of rotatable bonds is 5. The third kappa shape index (κ3) is 4.51. The van der Waals surface area contributed by atoms with Crippen LogP contribution in [0.25, 0.3) is 10.7 Å². The Kier molecular flexibility index (Phi) is 6.28. The Morgan fingerprint density at radius 1 is 1.15 bits per heavy atom. The molecule has 0 unspecified atom stereocenters. The predicted octanol–water partition coefficient (Wildman–Crippen LogP) is 4.06. The van der Waals surface area contributed by atoms with Crippen LogP contribution in [0.5, 0.6) is 0 Å². The second kappa shape index (κ2) is 9.00. The zero-order chi connectivity index (χ0) is 23.8. The molecule has 10 heteroatoms. The summed E-state index contributed by atoms with van der Waals surface area (Å²) in [5, 5.41) is 9.54. The summed E-state index contributed by atoms with van der Waals surface area (Å²) in [5.74, 6) is -0.00258. The number of benzene rings is 1. The number of hydrogen-bond donors (Lipinski definition) is 1. The van der Waals surface area contributed by atoms with Gasteiger partial charge in [-0.1, -0.05) is 0 Å². The monoisotopic (exact) mass is 483 g/mol. The number of likely N-dealkylation sites (tertiary alicyclic amines) is 1. The fourth-order valence-corrected chi connectivity index (χ4v) is 6.35. The van der Waals surface area contributed by atoms with Crippen molar-refractivity contribution in [2.45, 2.75) is 38.0 Å². The molecule has 1 N–H and O–H groups in total. The molecule has 0 bridgehead atoms. The van der Waals surface area contributed by atoms with Crippen molar-refractivity contribution in [3.63, 3.8) is 0 Å². The molecule has 0 saturated carbocycles. The van der Waals surface area contributed by atoms with Crippen molar-refractivity contribution >= 4 is 33.0 Å². The first-order chi connectivity index (χ1) is 15.7. The van der Waals surface area contributed by atoms with Gasteiger partial charge in [0, 0.05) is 31.5 Å². The van der Waals surface area contributed by atoms with E-state index in [0.717, 1.165) is 32.4 Å². The van der Waals surface area contributed by atoms with Gasteiger partial charge in [-0.05, 0) is 63.4 Å². The van der Waals surface area contributed by atoms with Crippen LogP contribution in [-0.4, -0.2) is 41.9 Å². The summed E-state index contributed by atoms with van der Waals surface area (Å²) in [4.78, 5) is 20.2. The van der Waals surface area contributed by atoms with Gasteiger partial charge in [-0.3, -0.25) is 9.52 Å². The number of thiazole rings is 1. The Labute approximate surface area is 197 Å². The van der Waals surface area contributed by atoms with E-state index in [4.69, 9.17) is 5.26 Å². The SMILES string of the molecule is Cc1nc(-c2cc(S(=O)(=O)Nc3ccc(C#N)cc3)c(C)n2C)sc1C(=O)N1CCCCC1. The van der Waals surface area contributed by atoms with Crippen molar-refractivity contribution in [3.8, 4) is 16.8 Å². The van der Waals surface area contributed by atoms with Crippen LogP contribution in [0.2, 0.25) is 0 Å². The summed E-state index contributed by atoms with van der Waals surface area (Å²) in [6.07, 6.45) is 3.18. The fraction of sp³-hybridized carbons (Fsp3) is 0.348. The number of nitrogens with one attached hydrogen (secondary N) is 1. The van der Waals surface area contributed by atoms with Gasteiger partial charge in [0.1, 0.15) is 14.8 Å². The average molecular weight is 484 g/mol. The highest BCUT2D eigenvalue weighted by atomic mass is 32.2. The van der Waals surface area contributed by atoms with Crippen LogP contribution in [0.15, 0.2) is 35.2 Å². The van der Waals surface area contributed by atoms with Crippen molar-refractivity contribution in [3.05, 3.63) is 52.2 Å². The lowest BCUT2D eigenvalue weighted by molar-refractivity contribution is 0.0728. The largest absolute Gasteiger partial charge is 0.345 e. The number of carbonyl (C=O) groups is 1. The van der Waals surface area contributed by atoms with E-state index in [2.05, 4.69) is 9.71 Å². The Morgan fingerprint density at radius 2 is 1.82 bits per heavy atom. The number of aromatic nitrogens is 2. The molecule has 0 aliphatic carbocycles. The zero-order valence-electron chi connectivity index (χ0n) is 18.8. The molecule has 1 fully saturated rings. The molecule has 33 heavy (non-hydrogen) atoms. The van der Waals surface area contributed by atoms with Gasteiger partial charge in [-0.15, -0.1) is 11.3 Å². The number of piperidine rings is 1.